The summed E-state index contributed by atoms with van der Waals surface area (Å²) in [7, 11) is 1.68. The van der Waals surface area contributed by atoms with Gasteiger partial charge in [0.1, 0.15) is 24.1 Å². The first-order valence-electron chi connectivity index (χ1n) is 11.2. The van der Waals surface area contributed by atoms with Crippen LogP contribution in [0.15, 0.2) is 67.0 Å². The quantitative estimate of drug-likeness (QED) is 0.622. The Morgan fingerprint density at radius 2 is 1.85 bits per heavy atom. The second-order valence-electron chi connectivity index (χ2n) is 9.23. The van der Waals surface area contributed by atoms with E-state index < -0.39 is 6.04 Å². The van der Waals surface area contributed by atoms with Crippen molar-refractivity contribution >= 4 is 5.91 Å². The summed E-state index contributed by atoms with van der Waals surface area (Å²) in [5.41, 5.74) is 3.66. The molecule has 4 rings (SSSR count). The zero-order chi connectivity index (χ0) is 23.4. The highest BCUT2D eigenvalue weighted by Crippen LogP contribution is 2.36. The summed E-state index contributed by atoms with van der Waals surface area (Å²) in [6.07, 6.45) is 3.44. The lowest BCUT2D eigenvalue weighted by Crippen LogP contribution is -2.47. The van der Waals surface area contributed by atoms with Crippen LogP contribution in [-0.4, -0.2) is 41.6 Å². The number of ether oxygens (including phenoxy) is 2. The van der Waals surface area contributed by atoms with E-state index >= 15 is 0 Å². The molecule has 0 aliphatic carbocycles. The molecule has 0 fully saturated rings. The van der Waals surface area contributed by atoms with Crippen molar-refractivity contribution in [1.82, 2.24) is 15.2 Å². The molecular formula is C27H31N3O3. The number of fused-ring (bicyclic) bond motifs is 1. The standard InChI is InChI=1S/C27H31N3O3/c1-27(2,3)29-26(31)25-22-17-28-14-13-24(22)33-16-15-30(25)18-19-9-5-6-10-20(19)21-11-7-8-12-23(21)32-4/h5-14,17,25H,15-16,18H2,1-4H3,(H,29,31). The van der Waals surface area contributed by atoms with Gasteiger partial charge in [-0.25, -0.2) is 0 Å². The van der Waals surface area contributed by atoms with Crippen LogP contribution in [0.2, 0.25) is 0 Å². The largest absolute Gasteiger partial charge is 0.496 e. The molecule has 0 radical (unpaired) electrons. The zero-order valence-corrected chi connectivity index (χ0v) is 19.7. The van der Waals surface area contributed by atoms with Crippen molar-refractivity contribution in [3.8, 4) is 22.6 Å². The molecule has 1 aromatic heterocycles. The van der Waals surface area contributed by atoms with E-state index in [1.807, 2.05) is 57.2 Å². The fraction of sp³-hybridized carbons (Fsp3) is 0.333. The van der Waals surface area contributed by atoms with Gasteiger partial charge < -0.3 is 14.8 Å². The van der Waals surface area contributed by atoms with Gasteiger partial charge >= 0.3 is 0 Å². The smallest absolute Gasteiger partial charge is 0.242 e. The predicted octanol–water partition coefficient (Wildman–Crippen LogP) is 4.61. The van der Waals surface area contributed by atoms with Gasteiger partial charge in [-0.3, -0.25) is 14.7 Å². The first kappa shape index (κ1) is 22.8. The van der Waals surface area contributed by atoms with E-state index in [9.17, 15) is 4.79 Å². The van der Waals surface area contributed by atoms with Gasteiger partial charge in [-0.15, -0.1) is 0 Å². The molecule has 1 N–H and O–H groups in total. The normalized spacial score (nSPS) is 16.3. The second kappa shape index (κ2) is 9.63. The van der Waals surface area contributed by atoms with E-state index in [0.29, 0.717) is 25.4 Å². The van der Waals surface area contributed by atoms with Crippen LogP contribution in [0.1, 0.15) is 37.9 Å². The SMILES string of the molecule is COc1ccccc1-c1ccccc1CN1CCOc2ccncc2C1C(=O)NC(C)(C)C. The Bertz CT molecular complexity index is 1120. The van der Waals surface area contributed by atoms with Crippen molar-refractivity contribution in [1.29, 1.82) is 0 Å². The van der Waals surface area contributed by atoms with E-state index in [-0.39, 0.29) is 11.4 Å². The Hall–Kier alpha value is -3.38. The average molecular weight is 446 g/mol. The number of nitrogens with one attached hydrogen (secondary N) is 1. The van der Waals surface area contributed by atoms with Crippen LogP contribution in [0.4, 0.5) is 0 Å². The fourth-order valence-electron chi connectivity index (χ4n) is 4.25. The Morgan fingerprint density at radius 3 is 2.61 bits per heavy atom. The number of carbonyl (C=O) groups is 1. The number of carbonyl (C=O) groups excluding carboxylic acids is 1. The van der Waals surface area contributed by atoms with Crippen molar-refractivity contribution in [2.75, 3.05) is 20.3 Å². The number of rotatable bonds is 5. The van der Waals surface area contributed by atoms with Gasteiger partial charge in [-0.1, -0.05) is 42.5 Å². The minimum Gasteiger partial charge on any atom is -0.496 e. The van der Waals surface area contributed by atoms with Gasteiger partial charge in [0.15, 0.2) is 0 Å². The summed E-state index contributed by atoms with van der Waals surface area (Å²) in [5.74, 6) is 1.47. The molecule has 2 aromatic carbocycles. The lowest BCUT2D eigenvalue weighted by molar-refractivity contribution is -0.128. The van der Waals surface area contributed by atoms with Crippen LogP contribution in [0.25, 0.3) is 11.1 Å². The Kier molecular flexibility index (Phi) is 6.65. The first-order chi connectivity index (χ1) is 15.9. The molecule has 6 heteroatoms. The number of benzene rings is 2. The topological polar surface area (TPSA) is 63.7 Å². The van der Waals surface area contributed by atoms with Crippen LogP contribution in [0.3, 0.4) is 0 Å². The molecule has 1 amide bonds. The molecule has 0 spiro atoms. The maximum Gasteiger partial charge on any atom is 0.242 e. The summed E-state index contributed by atoms with van der Waals surface area (Å²) >= 11 is 0. The summed E-state index contributed by atoms with van der Waals surface area (Å²) in [6.45, 7) is 7.65. The number of hydrogen-bond donors (Lipinski definition) is 1. The van der Waals surface area contributed by atoms with Gasteiger partial charge in [0.05, 0.1) is 7.11 Å². The lowest BCUT2D eigenvalue weighted by Gasteiger charge is -2.32. The van der Waals surface area contributed by atoms with Crippen LogP contribution in [0, 0.1) is 0 Å². The van der Waals surface area contributed by atoms with Gasteiger partial charge in [0.2, 0.25) is 5.91 Å². The summed E-state index contributed by atoms with van der Waals surface area (Å²) in [5, 5.41) is 3.15. The summed E-state index contributed by atoms with van der Waals surface area (Å²) in [4.78, 5) is 20.0. The average Bonchev–Trinajstić information content (AvgIpc) is 2.97. The van der Waals surface area contributed by atoms with Crippen LogP contribution in [0.5, 0.6) is 11.5 Å². The zero-order valence-electron chi connectivity index (χ0n) is 19.7. The van der Waals surface area contributed by atoms with Gasteiger partial charge in [0.25, 0.3) is 0 Å². The van der Waals surface area contributed by atoms with E-state index in [2.05, 4.69) is 33.4 Å². The molecule has 2 heterocycles. The molecule has 1 unspecified atom stereocenters. The lowest BCUT2D eigenvalue weighted by atomic mass is 9.97. The highest BCUT2D eigenvalue weighted by Gasteiger charge is 2.34. The van der Waals surface area contributed by atoms with Crippen molar-refractivity contribution in [2.24, 2.45) is 0 Å². The van der Waals surface area contributed by atoms with E-state index in [1.54, 1.807) is 19.5 Å². The number of methoxy groups -OCH3 is 1. The highest BCUT2D eigenvalue weighted by atomic mass is 16.5. The van der Waals surface area contributed by atoms with Crippen LogP contribution < -0.4 is 14.8 Å². The van der Waals surface area contributed by atoms with Gasteiger partial charge in [-0.2, -0.15) is 0 Å². The number of hydrogen-bond acceptors (Lipinski definition) is 5. The molecule has 0 saturated carbocycles. The number of nitrogens with zero attached hydrogens (tertiary/aromatic N) is 2. The third-order valence-corrected chi connectivity index (χ3v) is 5.64. The molecule has 6 nitrogen and oxygen atoms in total. The number of para-hydroxylation sites is 1. The Morgan fingerprint density at radius 1 is 1.12 bits per heavy atom. The maximum absolute atomic E-state index is 13.5. The maximum atomic E-state index is 13.5. The van der Waals surface area contributed by atoms with Crippen molar-refractivity contribution in [2.45, 2.75) is 38.9 Å². The second-order valence-corrected chi connectivity index (χ2v) is 9.23. The fourth-order valence-corrected chi connectivity index (χ4v) is 4.25. The highest BCUT2D eigenvalue weighted by molar-refractivity contribution is 5.84. The minimum atomic E-state index is -0.513. The first-order valence-corrected chi connectivity index (χ1v) is 11.2. The van der Waals surface area contributed by atoms with Crippen molar-refractivity contribution in [3.63, 3.8) is 0 Å². The number of pyridine rings is 1. The van der Waals surface area contributed by atoms with Crippen LogP contribution >= 0.6 is 0 Å². The predicted molar refractivity (Wildman–Crippen MR) is 129 cm³/mol. The number of aromatic nitrogens is 1. The van der Waals surface area contributed by atoms with E-state index in [0.717, 1.165) is 28.0 Å². The Balaban J connectivity index is 1.74. The van der Waals surface area contributed by atoms with Crippen molar-refractivity contribution < 1.29 is 14.3 Å². The van der Waals surface area contributed by atoms with Crippen molar-refractivity contribution in [3.05, 3.63) is 78.1 Å². The monoisotopic (exact) mass is 445 g/mol. The van der Waals surface area contributed by atoms with E-state index in [1.165, 1.54) is 0 Å². The molecule has 1 aliphatic rings. The molecule has 0 saturated heterocycles. The summed E-state index contributed by atoms with van der Waals surface area (Å²) in [6, 6.07) is 17.6. The molecular weight excluding hydrogens is 414 g/mol. The molecule has 1 aliphatic heterocycles. The molecule has 1 atom stereocenters. The molecule has 33 heavy (non-hydrogen) atoms. The summed E-state index contributed by atoms with van der Waals surface area (Å²) < 4.78 is 11.6. The third kappa shape index (κ3) is 5.17. The van der Waals surface area contributed by atoms with Gasteiger partial charge in [0, 0.05) is 42.1 Å². The van der Waals surface area contributed by atoms with E-state index in [4.69, 9.17) is 9.47 Å². The third-order valence-electron chi connectivity index (χ3n) is 5.64. The Labute approximate surface area is 195 Å². The molecule has 172 valence electrons. The molecule has 0 bridgehead atoms. The minimum absolute atomic E-state index is 0.0583. The number of amides is 1. The van der Waals surface area contributed by atoms with Crippen LogP contribution in [-0.2, 0) is 11.3 Å². The molecule has 3 aromatic rings. The van der Waals surface area contributed by atoms with Gasteiger partial charge in [-0.05, 0) is 44.0 Å².